The van der Waals surface area contributed by atoms with Crippen molar-refractivity contribution < 1.29 is 28.7 Å². The summed E-state index contributed by atoms with van der Waals surface area (Å²) in [5.74, 6) is 0.565. The van der Waals surface area contributed by atoms with E-state index in [9.17, 15) is 14.7 Å². The van der Waals surface area contributed by atoms with Crippen LogP contribution in [-0.4, -0.2) is 28.1 Å². The molecule has 0 aliphatic rings. The standard InChI is InChI=1S/C22H21NO6/c1-3-22(2,21(25)26)28-18-10-8-17(9-11-18)27-14-19-12-20(23-29-19)16-6-4-15(13-24)5-7-16/h4-13H,3,14H2,1-2H3,(H,25,26). The highest BCUT2D eigenvalue weighted by Gasteiger charge is 2.33. The second-order valence-corrected chi connectivity index (χ2v) is 6.67. The number of carbonyl (C=O) groups is 2. The second kappa shape index (κ2) is 8.60. The van der Waals surface area contributed by atoms with E-state index in [-0.39, 0.29) is 6.61 Å². The Bertz CT molecular complexity index is 977. The minimum Gasteiger partial charge on any atom is -0.486 e. The van der Waals surface area contributed by atoms with Crippen LogP contribution in [0.5, 0.6) is 11.5 Å². The largest absolute Gasteiger partial charge is 0.486 e. The van der Waals surface area contributed by atoms with Gasteiger partial charge in [0.1, 0.15) is 30.1 Å². The molecule has 29 heavy (non-hydrogen) atoms. The van der Waals surface area contributed by atoms with E-state index in [1.807, 2.05) is 0 Å². The van der Waals surface area contributed by atoms with Crippen LogP contribution in [0.2, 0.25) is 0 Å². The number of carbonyl (C=O) groups excluding carboxylic acids is 1. The second-order valence-electron chi connectivity index (χ2n) is 6.67. The van der Waals surface area contributed by atoms with Crippen molar-refractivity contribution in [3.63, 3.8) is 0 Å². The Morgan fingerprint density at radius 2 is 1.79 bits per heavy atom. The topological polar surface area (TPSA) is 98.9 Å². The molecule has 7 heteroatoms. The zero-order valence-electron chi connectivity index (χ0n) is 16.1. The summed E-state index contributed by atoms with van der Waals surface area (Å²) in [6.45, 7) is 3.48. The molecule has 7 nitrogen and oxygen atoms in total. The van der Waals surface area contributed by atoms with Gasteiger partial charge in [0.15, 0.2) is 5.76 Å². The van der Waals surface area contributed by atoms with Crippen molar-refractivity contribution in [2.45, 2.75) is 32.5 Å². The van der Waals surface area contributed by atoms with Crippen LogP contribution in [0.1, 0.15) is 36.4 Å². The Morgan fingerprint density at radius 3 is 2.38 bits per heavy atom. The monoisotopic (exact) mass is 395 g/mol. The number of aromatic nitrogens is 1. The third-order valence-electron chi connectivity index (χ3n) is 4.58. The molecule has 2 aromatic carbocycles. The quantitative estimate of drug-likeness (QED) is 0.537. The average Bonchev–Trinajstić information content (AvgIpc) is 3.22. The first-order chi connectivity index (χ1) is 13.9. The van der Waals surface area contributed by atoms with Gasteiger partial charge < -0.3 is 19.1 Å². The predicted octanol–water partition coefficient (Wildman–Crippen LogP) is 4.37. The van der Waals surface area contributed by atoms with Crippen LogP contribution in [0.4, 0.5) is 0 Å². The van der Waals surface area contributed by atoms with Crippen molar-refractivity contribution in [2.24, 2.45) is 0 Å². The summed E-state index contributed by atoms with van der Waals surface area (Å²) in [4.78, 5) is 22.1. The van der Waals surface area contributed by atoms with Gasteiger partial charge in [-0.3, -0.25) is 4.79 Å². The van der Waals surface area contributed by atoms with Crippen molar-refractivity contribution in [1.29, 1.82) is 0 Å². The molecule has 3 rings (SSSR count). The number of aliphatic carboxylic acids is 1. The number of ether oxygens (including phenoxy) is 2. The lowest BCUT2D eigenvalue weighted by Gasteiger charge is -2.24. The molecule has 1 atom stereocenters. The smallest absolute Gasteiger partial charge is 0.347 e. The fourth-order valence-corrected chi connectivity index (χ4v) is 2.54. The number of hydrogen-bond donors (Lipinski definition) is 1. The number of rotatable bonds is 9. The van der Waals surface area contributed by atoms with Gasteiger partial charge in [0.25, 0.3) is 0 Å². The Morgan fingerprint density at radius 1 is 1.14 bits per heavy atom. The molecule has 1 N–H and O–H groups in total. The van der Waals surface area contributed by atoms with Crippen LogP contribution in [-0.2, 0) is 11.4 Å². The minimum atomic E-state index is -1.28. The van der Waals surface area contributed by atoms with Gasteiger partial charge in [0, 0.05) is 17.2 Å². The Balaban J connectivity index is 1.60. The van der Waals surface area contributed by atoms with Crippen LogP contribution in [0, 0.1) is 0 Å². The van der Waals surface area contributed by atoms with E-state index in [2.05, 4.69) is 5.16 Å². The highest BCUT2D eigenvalue weighted by atomic mass is 16.5. The van der Waals surface area contributed by atoms with Crippen LogP contribution in [0.15, 0.2) is 59.1 Å². The fourth-order valence-electron chi connectivity index (χ4n) is 2.54. The molecule has 0 spiro atoms. The molecule has 1 heterocycles. The van der Waals surface area contributed by atoms with Crippen molar-refractivity contribution in [1.82, 2.24) is 5.16 Å². The van der Waals surface area contributed by atoms with Crippen LogP contribution >= 0.6 is 0 Å². The van der Waals surface area contributed by atoms with Gasteiger partial charge in [-0.25, -0.2) is 4.79 Å². The molecule has 0 amide bonds. The zero-order valence-corrected chi connectivity index (χ0v) is 16.1. The van der Waals surface area contributed by atoms with Gasteiger partial charge in [-0.15, -0.1) is 0 Å². The molecule has 0 saturated heterocycles. The molecule has 0 fully saturated rings. The summed E-state index contributed by atoms with van der Waals surface area (Å²) in [5.41, 5.74) is 0.806. The van der Waals surface area contributed by atoms with Gasteiger partial charge >= 0.3 is 5.97 Å². The molecule has 0 aliphatic carbocycles. The summed E-state index contributed by atoms with van der Waals surface area (Å²) in [7, 11) is 0. The lowest BCUT2D eigenvalue weighted by molar-refractivity contribution is -0.154. The summed E-state index contributed by atoms with van der Waals surface area (Å²) >= 11 is 0. The number of benzene rings is 2. The number of aldehydes is 1. The van der Waals surface area contributed by atoms with Crippen LogP contribution < -0.4 is 9.47 Å². The molecule has 3 aromatic rings. The zero-order chi connectivity index (χ0) is 20.9. The summed E-state index contributed by atoms with van der Waals surface area (Å²) < 4.78 is 16.6. The van der Waals surface area contributed by atoms with E-state index in [1.54, 1.807) is 61.5 Å². The van der Waals surface area contributed by atoms with E-state index in [0.717, 1.165) is 11.8 Å². The molecule has 0 aliphatic heterocycles. The number of carboxylic acids is 1. The van der Waals surface area contributed by atoms with Crippen LogP contribution in [0.3, 0.4) is 0 Å². The molecular weight excluding hydrogens is 374 g/mol. The van der Waals surface area contributed by atoms with Crippen molar-refractivity contribution in [3.8, 4) is 22.8 Å². The molecular formula is C22H21NO6. The predicted molar refractivity (Wildman–Crippen MR) is 105 cm³/mol. The normalized spacial score (nSPS) is 12.8. The Labute approximate surface area is 167 Å². The maximum absolute atomic E-state index is 11.3. The third kappa shape index (κ3) is 4.82. The first kappa shape index (κ1) is 20.1. The molecule has 0 bridgehead atoms. The van der Waals surface area contributed by atoms with Crippen molar-refractivity contribution >= 4 is 12.3 Å². The lowest BCUT2D eigenvalue weighted by atomic mass is 10.0. The first-order valence-corrected chi connectivity index (χ1v) is 9.10. The molecule has 1 aromatic heterocycles. The Hall–Kier alpha value is -3.61. The van der Waals surface area contributed by atoms with Gasteiger partial charge in [-0.05, 0) is 37.6 Å². The fraction of sp³-hybridized carbons (Fsp3) is 0.227. The summed E-state index contributed by atoms with van der Waals surface area (Å²) in [5, 5.41) is 13.3. The number of hydrogen-bond acceptors (Lipinski definition) is 6. The van der Waals surface area contributed by atoms with E-state index in [0.29, 0.717) is 34.9 Å². The molecule has 0 radical (unpaired) electrons. The highest BCUT2D eigenvalue weighted by Crippen LogP contribution is 2.25. The Kier molecular flexibility index (Phi) is 5.97. The van der Waals surface area contributed by atoms with Crippen molar-refractivity contribution in [2.75, 3.05) is 0 Å². The summed E-state index contributed by atoms with van der Waals surface area (Å²) in [6.07, 6.45) is 1.12. The maximum Gasteiger partial charge on any atom is 0.347 e. The summed E-state index contributed by atoms with van der Waals surface area (Å²) in [6, 6.07) is 15.5. The lowest BCUT2D eigenvalue weighted by Crippen LogP contribution is -2.40. The van der Waals surface area contributed by atoms with Crippen molar-refractivity contribution in [3.05, 3.63) is 65.9 Å². The number of nitrogens with zero attached hydrogens (tertiary/aromatic N) is 1. The molecule has 150 valence electrons. The highest BCUT2D eigenvalue weighted by molar-refractivity contribution is 5.77. The molecule has 1 unspecified atom stereocenters. The van der Waals surface area contributed by atoms with Gasteiger partial charge in [0.05, 0.1) is 0 Å². The minimum absolute atomic E-state index is 0.182. The first-order valence-electron chi connectivity index (χ1n) is 9.10. The SMILES string of the molecule is CCC(C)(Oc1ccc(OCc2cc(-c3ccc(C=O)cc3)no2)cc1)C(=O)O. The van der Waals surface area contributed by atoms with E-state index < -0.39 is 11.6 Å². The third-order valence-corrected chi connectivity index (χ3v) is 4.58. The maximum atomic E-state index is 11.3. The van der Waals surface area contributed by atoms with Crippen LogP contribution in [0.25, 0.3) is 11.3 Å². The van der Waals surface area contributed by atoms with Gasteiger partial charge in [-0.2, -0.15) is 0 Å². The number of carboxylic acid groups (broad SMARTS) is 1. The van der Waals surface area contributed by atoms with Gasteiger partial charge in [0.2, 0.25) is 5.60 Å². The van der Waals surface area contributed by atoms with E-state index >= 15 is 0 Å². The average molecular weight is 395 g/mol. The van der Waals surface area contributed by atoms with E-state index in [4.69, 9.17) is 14.0 Å². The van der Waals surface area contributed by atoms with E-state index in [1.165, 1.54) is 6.92 Å². The van der Waals surface area contributed by atoms with Gasteiger partial charge in [-0.1, -0.05) is 36.3 Å². The molecule has 0 saturated carbocycles.